The average Bonchev–Trinajstić information content (AvgIpc) is 3.17. The van der Waals surface area contributed by atoms with Crippen LogP contribution in [0.25, 0.3) is 11.3 Å². The molecule has 1 saturated carbocycles. The quantitative estimate of drug-likeness (QED) is 0.807. The number of benzene rings is 1. The van der Waals surface area contributed by atoms with Crippen LogP contribution in [0.1, 0.15) is 37.6 Å². The van der Waals surface area contributed by atoms with Gasteiger partial charge in [-0.15, -0.1) is 0 Å². The Morgan fingerprint density at radius 1 is 1.25 bits per heavy atom. The topological polar surface area (TPSA) is 40.7 Å². The van der Waals surface area contributed by atoms with Crippen molar-refractivity contribution in [1.29, 1.82) is 0 Å². The van der Waals surface area contributed by atoms with Gasteiger partial charge in [0.2, 0.25) is 0 Å². The fraction of sp³-hybridized carbons (Fsp3) is 0.471. The second-order valence-electron chi connectivity index (χ2n) is 5.76. The third-order valence-corrected chi connectivity index (χ3v) is 3.85. The summed E-state index contributed by atoms with van der Waals surface area (Å²) in [7, 11) is 0. The molecule has 2 aromatic rings. The minimum Gasteiger partial charge on any atom is -0.341 e. The van der Waals surface area contributed by atoms with Crippen molar-refractivity contribution < 1.29 is 0 Å². The normalized spacial score (nSPS) is 14.7. The fourth-order valence-electron chi connectivity index (χ4n) is 2.46. The van der Waals surface area contributed by atoms with Gasteiger partial charge in [-0.2, -0.15) is 0 Å². The summed E-state index contributed by atoms with van der Waals surface area (Å²) in [5.41, 5.74) is 3.73. The Labute approximate surface area is 120 Å². The second kappa shape index (κ2) is 6.23. The summed E-state index contributed by atoms with van der Waals surface area (Å²) in [5.74, 6) is 1.94. The van der Waals surface area contributed by atoms with Crippen LogP contribution >= 0.6 is 0 Å². The van der Waals surface area contributed by atoms with E-state index in [9.17, 15) is 0 Å². The first kappa shape index (κ1) is 13.4. The number of hydrogen-bond acceptors (Lipinski definition) is 2. The summed E-state index contributed by atoms with van der Waals surface area (Å²) in [6.07, 6.45) is 7.06. The van der Waals surface area contributed by atoms with Crippen LogP contribution < -0.4 is 5.32 Å². The molecule has 20 heavy (non-hydrogen) atoms. The molecular weight excluding hydrogens is 246 g/mol. The van der Waals surface area contributed by atoms with Crippen LogP contribution in [0.5, 0.6) is 0 Å². The number of hydrogen-bond donors (Lipinski definition) is 2. The molecule has 0 aliphatic heterocycles. The molecular formula is C17H23N3. The van der Waals surface area contributed by atoms with Gasteiger partial charge in [-0.1, -0.05) is 37.6 Å². The Bertz CT molecular complexity index is 538. The standard InChI is InChI=1S/C17H23N3/c1-2-3-13-6-8-15(9-7-13)16-11-19-17(20-16)12-18-10-14-4-5-14/h6-9,11,14,18H,2-5,10,12H2,1H3,(H,19,20). The van der Waals surface area contributed by atoms with Crippen LogP contribution in [0.15, 0.2) is 30.5 Å². The second-order valence-corrected chi connectivity index (χ2v) is 5.76. The van der Waals surface area contributed by atoms with E-state index in [1.54, 1.807) is 0 Å². The molecule has 2 N–H and O–H groups in total. The average molecular weight is 269 g/mol. The Hall–Kier alpha value is -1.61. The highest BCUT2D eigenvalue weighted by molar-refractivity contribution is 5.58. The van der Waals surface area contributed by atoms with Gasteiger partial charge in [0, 0.05) is 0 Å². The molecule has 0 unspecified atom stereocenters. The lowest BCUT2D eigenvalue weighted by Gasteiger charge is -2.02. The first-order chi connectivity index (χ1) is 9.85. The smallest absolute Gasteiger partial charge is 0.120 e. The van der Waals surface area contributed by atoms with Crippen molar-refractivity contribution in [2.75, 3.05) is 6.54 Å². The van der Waals surface area contributed by atoms with Gasteiger partial charge in [0.05, 0.1) is 18.4 Å². The molecule has 3 nitrogen and oxygen atoms in total. The first-order valence-electron chi connectivity index (χ1n) is 7.69. The van der Waals surface area contributed by atoms with Gasteiger partial charge in [0.25, 0.3) is 0 Å². The lowest BCUT2D eigenvalue weighted by Crippen LogP contribution is -2.16. The van der Waals surface area contributed by atoms with E-state index in [2.05, 4.69) is 46.5 Å². The molecule has 0 bridgehead atoms. The minimum absolute atomic E-state index is 0.838. The summed E-state index contributed by atoms with van der Waals surface area (Å²) < 4.78 is 0. The molecule has 3 heteroatoms. The van der Waals surface area contributed by atoms with Crippen molar-refractivity contribution in [3.63, 3.8) is 0 Å². The van der Waals surface area contributed by atoms with Crippen molar-refractivity contribution in [3.05, 3.63) is 41.9 Å². The van der Waals surface area contributed by atoms with E-state index >= 15 is 0 Å². The summed E-state index contributed by atoms with van der Waals surface area (Å²) in [5, 5.41) is 3.46. The SMILES string of the molecule is CCCc1ccc(-c2cnc(CNCC3CC3)[nH]2)cc1. The van der Waals surface area contributed by atoms with Crippen LogP contribution in [0.3, 0.4) is 0 Å². The molecule has 3 rings (SSSR count). The van der Waals surface area contributed by atoms with Gasteiger partial charge in [-0.3, -0.25) is 0 Å². The Morgan fingerprint density at radius 2 is 2.05 bits per heavy atom. The maximum Gasteiger partial charge on any atom is 0.120 e. The molecule has 0 atom stereocenters. The zero-order valence-electron chi connectivity index (χ0n) is 12.2. The number of H-pyrrole nitrogens is 1. The number of nitrogens with one attached hydrogen (secondary N) is 2. The minimum atomic E-state index is 0.838. The zero-order chi connectivity index (χ0) is 13.8. The highest BCUT2D eigenvalue weighted by Crippen LogP contribution is 2.27. The van der Waals surface area contributed by atoms with Crippen molar-refractivity contribution in [3.8, 4) is 11.3 Å². The van der Waals surface area contributed by atoms with Crippen LogP contribution in [0.4, 0.5) is 0 Å². The molecule has 1 fully saturated rings. The Kier molecular flexibility index (Phi) is 4.16. The van der Waals surface area contributed by atoms with E-state index in [-0.39, 0.29) is 0 Å². The van der Waals surface area contributed by atoms with Crippen molar-refractivity contribution >= 4 is 0 Å². The highest BCUT2D eigenvalue weighted by atomic mass is 15.0. The van der Waals surface area contributed by atoms with E-state index in [1.807, 2.05) is 6.20 Å². The summed E-state index contributed by atoms with van der Waals surface area (Å²) in [6, 6.07) is 8.79. The molecule has 0 amide bonds. The molecule has 1 heterocycles. The molecule has 1 aliphatic carbocycles. The maximum atomic E-state index is 4.45. The van der Waals surface area contributed by atoms with Gasteiger partial charge in [-0.05, 0) is 42.9 Å². The monoisotopic (exact) mass is 269 g/mol. The van der Waals surface area contributed by atoms with E-state index in [0.717, 1.165) is 36.9 Å². The molecule has 106 valence electrons. The first-order valence-corrected chi connectivity index (χ1v) is 7.69. The van der Waals surface area contributed by atoms with E-state index in [1.165, 1.54) is 30.4 Å². The number of imidazole rings is 1. The third kappa shape index (κ3) is 3.48. The summed E-state index contributed by atoms with van der Waals surface area (Å²) in [4.78, 5) is 7.85. The van der Waals surface area contributed by atoms with Crippen molar-refractivity contribution in [2.45, 2.75) is 39.2 Å². The number of rotatable bonds is 7. The Balaban J connectivity index is 1.59. The predicted molar refractivity (Wildman–Crippen MR) is 82.4 cm³/mol. The van der Waals surface area contributed by atoms with Crippen LogP contribution in [-0.4, -0.2) is 16.5 Å². The van der Waals surface area contributed by atoms with Crippen LogP contribution in [0.2, 0.25) is 0 Å². The lowest BCUT2D eigenvalue weighted by atomic mass is 10.1. The fourth-order valence-corrected chi connectivity index (χ4v) is 2.46. The number of aromatic nitrogens is 2. The number of aryl methyl sites for hydroxylation is 1. The van der Waals surface area contributed by atoms with Gasteiger partial charge in [0.1, 0.15) is 5.82 Å². The molecule has 0 saturated heterocycles. The highest BCUT2D eigenvalue weighted by Gasteiger charge is 2.20. The van der Waals surface area contributed by atoms with E-state index < -0.39 is 0 Å². The van der Waals surface area contributed by atoms with Gasteiger partial charge >= 0.3 is 0 Å². The molecule has 1 aromatic heterocycles. The van der Waals surface area contributed by atoms with Crippen molar-refractivity contribution in [1.82, 2.24) is 15.3 Å². The molecule has 1 aliphatic rings. The Morgan fingerprint density at radius 3 is 2.75 bits per heavy atom. The third-order valence-electron chi connectivity index (χ3n) is 3.85. The van der Waals surface area contributed by atoms with Gasteiger partial charge in [-0.25, -0.2) is 4.98 Å². The largest absolute Gasteiger partial charge is 0.341 e. The summed E-state index contributed by atoms with van der Waals surface area (Å²) >= 11 is 0. The van der Waals surface area contributed by atoms with Gasteiger partial charge in [0.15, 0.2) is 0 Å². The number of aromatic amines is 1. The van der Waals surface area contributed by atoms with Crippen LogP contribution in [-0.2, 0) is 13.0 Å². The predicted octanol–water partition coefficient (Wildman–Crippen LogP) is 3.53. The molecule has 0 spiro atoms. The molecule has 0 radical (unpaired) electrons. The van der Waals surface area contributed by atoms with Crippen LogP contribution in [0, 0.1) is 5.92 Å². The lowest BCUT2D eigenvalue weighted by molar-refractivity contribution is 0.623. The van der Waals surface area contributed by atoms with E-state index in [0.29, 0.717) is 0 Å². The van der Waals surface area contributed by atoms with E-state index in [4.69, 9.17) is 0 Å². The van der Waals surface area contributed by atoms with Gasteiger partial charge < -0.3 is 10.3 Å². The summed E-state index contributed by atoms with van der Waals surface area (Å²) in [6.45, 7) is 4.18. The molecule has 1 aromatic carbocycles. The zero-order valence-corrected chi connectivity index (χ0v) is 12.2. The van der Waals surface area contributed by atoms with Crippen molar-refractivity contribution in [2.24, 2.45) is 5.92 Å². The maximum absolute atomic E-state index is 4.45. The number of nitrogens with zero attached hydrogens (tertiary/aromatic N) is 1.